The first-order valence-corrected chi connectivity index (χ1v) is 5.15. The minimum atomic E-state index is 0.458. The van der Waals surface area contributed by atoms with Crippen LogP contribution in [0.3, 0.4) is 0 Å². The Balaban J connectivity index is 2.18. The molecule has 2 rings (SSSR count). The normalized spacial score (nSPS) is 21.1. The van der Waals surface area contributed by atoms with E-state index in [9.17, 15) is 0 Å². The Labute approximate surface area is 89.5 Å². The largest absolute Gasteiger partial charge is 0.351 e. The van der Waals surface area contributed by atoms with Crippen molar-refractivity contribution in [3.05, 3.63) is 23.9 Å². The molecule has 0 bridgehead atoms. The fraction of sp³-hybridized carbons (Fsp3) is 0.455. The standard InChI is InChI=1S/C11H14N4/c1-9-7-13-4-5-15(9)11-3-2-10(6-12)8-14-11/h2-3,8-9,13H,4-5,7H2,1H3/t9-/m0/s1. The van der Waals surface area contributed by atoms with Gasteiger partial charge >= 0.3 is 0 Å². The van der Waals surface area contributed by atoms with Gasteiger partial charge in [-0.15, -0.1) is 0 Å². The molecule has 15 heavy (non-hydrogen) atoms. The summed E-state index contributed by atoms with van der Waals surface area (Å²) in [6.07, 6.45) is 1.63. The molecule has 0 amide bonds. The van der Waals surface area contributed by atoms with Crippen LogP contribution in [0.5, 0.6) is 0 Å². The number of rotatable bonds is 1. The summed E-state index contributed by atoms with van der Waals surface area (Å²) in [6.45, 7) is 5.12. The topological polar surface area (TPSA) is 52.0 Å². The van der Waals surface area contributed by atoms with Crippen LogP contribution in [0.4, 0.5) is 5.82 Å². The fourth-order valence-corrected chi connectivity index (χ4v) is 1.80. The third-order valence-corrected chi connectivity index (χ3v) is 2.67. The summed E-state index contributed by atoms with van der Waals surface area (Å²) < 4.78 is 0. The van der Waals surface area contributed by atoms with Gasteiger partial charge in [-0.1, -0.05) is 0 Å². The van der Waals surface area contributed by atoms with Crippen molar-refractivity contribution < 1.29 is 0 Å². The number of piperazine rings is 1. The Kier molecular flexibility index (Phi) is 2.84. The molecule has 4 heteroatoms. The van der Waals surface area contributed by atoms with Gasteiger partial charge in [-0.05, 0) is 19.1 Å². The van der Waals surface area contributed by atoms with E-state index >= 15 is 0 Å². The lowest BCUT2D eigenvalue weighted by molar-refractivity contribution is 0.497. The number of nitriles is 1. The Morgan fingerprint density at radius 1 is 1.60 bits per heavy atom. The Bertz CT molecular complexity index is 365. The molecule has 4 nitrogen and oxygen atoms in total. The second-order valence-electron chi connectivity index (χ2n) is 3.76. The lowest BCUT2D eigenvalue weighted by Gasteiger charge is -2.34. The van der Waals surface area contributed by atoms with Crippen LogP contribution in [0.1, 0.15) is 12.5 Å². The number of aromatic nitrogens is 1. The molecule has 1 aromatic heterocycles. The van der Waals surface area contributed by atoms with E-state index in [1.165, 1.54) is 0 Å². The van der Waals surface area contributed by atoms with Crippen molar-refractivity contribution in [1.82, 2.24) is 10.3 Å². The van der Waals surface area contributed by atoms with E-state index < -0.39 is 0 Å². The first-order valence-electron chi connectivity index (χ1n) is 5.15. The highest BCUT2D eigenvalue weighted by Gasteiger charge is 2.18. The van der Waals surface area contributed by atoms with Crippen molar-refractivity contribution in [2.24, 2.45) is 0 Å². The summed E-state index contributed by atoms with van der Waals surface area (Å²) in [6, 6.07) is 6.27. The number of pyridine rings is 1. The minimum absolute atomic E-state index is 0.458. The van der Waals surface area contributed by atoms with Crippen LogP contribution in [0.2, 0.25) is 0 Å². The molecule has 1 N–H and O–H groups in total. The maximum Gasteiger partial charge on any atom is 0.128 e. The van der Waals surface area contributed by atoms with E-state index in [1.54, 1.807) is 6.20 Å². The lowest BCUT2D eigenvalue weighted by atomic mass is 10.2. The smallest absolute Gasteiger partial charge is 0.128 e. The molecule has 1 aliphatic rings. The number of nitrogens with zero attached hydrogens (tertiary/aromatic N) is 3. The summed E-state index contributed by atoms with van der Waals surface area (Å²) in [5.74, 6) is 0.961. The number of hydrogen-bond donors (Lipinski definition) is 1. The highest BCUT2D eigenvalue weighted by Crippen LogP contribution is 2.15. The molecule has 0 aromatic carbocycles. The molecule has 1 aliphatic heterocycles. The molecule has 0 spiro atoms. The zero-order valence-corrected chi connectivity index (χ0v) is 8.77. The summed E-state index contributed by atoms with van der Waals surface area (Å²) in [7, 11) is 0. The van der Waals surface area contributed by atoms with Crippen molar-refractivity contribution in [3.8, 4) is 6.07 Å². The van der Waals surface area contributed by atoms with Gasteiger partial charge in [0, 0.05) is 31.9 Å². The second kappa shape index (κ2) is 4.28. The first-order chi connectivity index (χ1) is 7.31. The van der Waals surface area contributed by atoms with Crippen LogP contribution in [0.25, 0.3) is 0 Å². The van der Waals surface area contributed by atoms with E-state index in [1.807, 2.05) is 12.1 Å². The molecule has 0 radical (unpaired) electrons. The van der Waals surface area contributed by atoms with Crippen LogP contribution in [-0.2, 0) is 0 Å². The van der Waals surface area contributed by atoms with Gasteiger partial charge in [0.2, 0.25) is 0 Å². The van der Waals surface area contributed by atoms with E-state index in [0.717, 1.165) is 25.5 Å². The van der Waals surface area contributed by atoms with E-state index in [0.29, 0.717) is 11.6 Å². The summed E-state index contributed by atoms with van der Waals surface area (Å²) in [4.78, 5) is 6.56. The van der Waals surface area contributed by atoms with Crippen LogP contribution in [0.15, 0.2) is 18.3 Å². The zero-order chi connectivity index (χ0) is 10.7. The average molecular weight is 202 g/mol. The Morgan fingerprint density at radius 2 is 2.47 bits per heavy atom. The van der Waals surface area contributed by atoms with E-state index in [-0.39, 0.29) is 0 Å². The molecule has 78 valence electrons. The molecule has 1 saturated heterocycles. The quantitative estimate of drug-likeness (QED) is 0.730. The zero-order valence-electron chi connectivity index (χ0n) is 8.77. The molecule has 1 aromatic rings. The fourth-order valence-electron chi connectivity index (χ4n) is 1.80. The molecule has 1 atom stereocenters. The molecular formula is C11H14N4. The monoisotopic (exact) mass is 202 g/mol. The highest BCUT2D eigenvalue weighted by atomic mass is 15.3. The Morgan fingerprint density at radius 3 is 3.07 bits per heavy atom. The van der Waals surface area contributed by atoms with Crippen molar-refractivity contribution in [2.75, 3.05) is 24.5 Å². The number of hydrogen-bond acceptors (Lipinski definition) is 4. The predicted octanol–water partition coefficient (Wildman–Crippen LogP) is 0.751. The summed E-state index contributed by atoms with van der Waals surface area (Å²) >= 11 is 0. The van der Waals surface area contributed by atoms with Gasteiger partial charge < -0.3 is 10.2 Å². The SMILES string of the molecule is C[C@H]1CNCCN1c1ccc(C#N)cn1. The predicted molar refractivity (Wildman–Crippen MR) is 58.6 cm³/mol. The van der Waals surface area contributed by atoms with Gasteiger partial charge in [-0.3, -0.25) is 0 Å². The average Bonchev–Trinajstić information content (AvgIpc) is 2.30. The van der Waals surface area contributed by atoms with Gasteiger partial charge in [0.05, 0.1) is 5.56 Å². The lowest BCUT2D eigenvalue weighted by Crippen LogP contribution is -2.50. The minimum Gasteiger partial charge on any atom is -0.351 e. The third-order valence-electron chi connectivity index (χ3n) is 2.67. The van der Waals surface area contributed by atoms with Gasteiger partial charge in [-0.2, -0.15) is 5.26 Å². The molecule has 0 unspecified atom stereocenters. The maximum absolute atomic E-state index is 8.68. The highest BCUT2D eigenvalue weighted by molar-refractivity contribution is 5.43. The maximum atomic E-state index is 8.68. The van der Waals surface area contributed by atoms with Crippen molar-refractivity contribution >= 4 is 5.82 Å². The van der Waals surface area contributed by atoms with Crippen LogP contribution in [0, 0.1) is 11.3 Å². The molecule has 0 aliphatic carbocycles. The Hall–Kier alpha value is -1.60. The summed E-state index contributed by atoms with van der Waals surface area (Å²) in [5.41, 5.74) is 0.613. The third kappa shape index (κ3) is 2.08. The van der Waals surface area contributed by atoms with Gasteiger partial charge in [-0.25, -0.2) is 4.98 Å². The van der Waals surface area contributed by atoms with Crippen molar-refractivity contribution in [1.29, 1.82) is 5.26 Å². The van der Waals surface area contributed by atoms with Crippen LogP contribution in [-0.4, -0.2) is 30.7 Å². The molecule has 0 saturated carbocycles. The van der Waals surface area contributed by atoms with Gasteiger partial charge in [0.1, 0.15) is 11.9 Å². The second-order valence-corrected chi connectivity index (χ2v) is 3.76. The van der Waals surface area contributed by atoms with Crippen LogP contribution < -0.4 is 10.2 Å². The van der Waals surface area contributed by atoms with Crippen molar-refractivity contribution in [2.45, 2.75) is 13.0 Å². The van der Waals surface area contributed by atoms with E-state index in [2.05, 4.69) is 28.2 Å². The van der Waals surface area contributed by atoms with Gasteiger partial charge in [0.25, 0.3) is 0 Å². The number of anilines is 1. The van der Waals surface area contributed by atoms with Gasteiger partial charge in [0.15, 0.2) is 0 Å². The summed E-state index contributed by atoms with van der Waals surface area (Å²) in [5, 5.41) is 12.0. The number of nitrogens with one attached hydrogen (secondary N) is 1. The van der Waals surface area contributed by atoms with Crippen molar-refractivity contribution in [3.63, 3.8) is 0 Å². The molecule has 1 fully saturated rings. The van der Waals surface area contributed by atoms with Crippen LogP contribution >= 0.6 is 0 Å². The molecular weight excluding hydrogens is 188 g/mol. The molecule has 2 heterocycles. The first kappa shape index (κ1) is 9.94. The van der Waals surface area contributed by atoms with E-state index in [4.69, 9.17) is 5.26 Å².